The Balaban J connectivity index is 0.00000144. The van der Waals surface area contributed by atoms with Gasteiger partial charge in [0.15, 0.2) is 5.96 Å². The van der Waals surface area contributed by atoms with Crippen molar-refractivity contribution in [3.63, 3.8) is 0 Å². The summed E-state index contributed by atoms with van der Waals surface area (Å²) in [7, 11) is 0. The molecule has 17 heavy (non-hydrogen) atoms. The highest BCUT2D eigenvalue weighted by Crippen LogP contribution is 2.30. The monoisotopic (exact) mass is 351 g/mol. The number of rotatable bonds is 3. The van der Waals surface area contributed by atoms with Gasteiger partial charge in [-0.3, -0.25) is 4.99 Å². The van der Waals surface area contributed by atoms with Crippen molar-refractivity contribution in [2.75, 3.05) is 19.6 Å². The molecule has 0 aromatic heterocycles. The standard InChI is InChI=1S/C13H25N3.HI/c1-11-4-2-5-12(10-11)6-9-16-13-14-7-3-8-15-13;/h11-12H,2-10H2,1H3,(H2,14,15,16);1H. The average molecular weight is 351 g/mol. The number of aliphatic imine (C=N–C) groups is 1. The normalized spacial score (nSPS) is 28.6. The topological polar surface area (TPSA) is 36.4 Å². The van der Waals surface area contributed by atoms with Crippen LogP contribution in [-0.2, 0) is 0 Å². The summed E-state index contributed by atoms with van der Waals surface area (Å²) >= 11 is 0. The van der Waals surface area contributed by atoms with Gasteiger partial charge in [0.2, 0.25) is 0 Å². The highest BCUT2D eigenvalue weighted by Gasteiger charge is 2.18. The minimum Gasteiger partial charge on any atom is -0.356 e. The van der Waals surface area contributed by atoms with Gasteiger partial charge >= 0.3 is 0 Å². The molecule has 2 unspecified atom stereocenters. The Morgan fingerprint density at radius 2 is 2.24 bits per heavy atom. The molecule has 1 aliphatic carbocycles. The molecule has 1 saturated carbocycles. The van der Waals surface area contributed by atoms with Crippen LogP contribution < -0.4 is 10.6 Å². The summed E-state index contributed by atoms with van der Waals surface area (Å²) in [5.41, 5.74) is 0. The zero-order valence-electron chi connectivity index (χ0n) is 10.9. The molecule has 0 aromatic carbocycles. The van der Waals surface area contributed by atoms with Gasteiger partial charge in [0.1, 0.15) is 0 Å². The number of nitrogens with one attached hydrogen (secondary N) is 2. The highest BCUT2D eigenvalue weighted by molar-refractivity contribution is 14.0. The summed E-state index contributed by atoms with van der Waals surface area (Å²) < 4.78 is 0. The molecular formula is C13H26IN3. The maximum absolute atomic E-state index is 4.42. The first kappa shape index (κ1) is 15.1. The van der Waals surface area contributed by atoms with Gasteiger partial charge in [-0.2, -0.15) is 0 Å². The first-order valence-corrected chi connectivity index (χ1v) is 6.87. The lowest BCUT2D eigenvalue weighted by Crippen LogP contribution is -2.41. The number of nitrogens with zero attached hydrogens (tertiary/aromatic N) is 1. The fourth-order valence-electron chi connectivity index (χ4n) is 2.87. The third-order valence-corrected chi connectivity index (χ3v) is 3.79. The van der Waals surface area contributed by atoms with Crippen molar-refractivity contribution in [3.05, 3.63) is 0 Å². The molecule has 0 saturated heterocycles. The van der Waals surface area contributed by atoms with Crippen molar-refractivity contribution in [2.24, 2.45) is 16.8 Å². The second-order valence-electron chi connectivity index (χ2n) is 5.36. The van der Waals surface area contributed by atoms with Crippen molar-refractivity contribution >= 4 is 29.9 Å². The molecule has 2 atom stereocenters. The van der Waals surface area contributed by atoms with E-state index in [-0.39, 0.29) is 24.0 Å². The van der Waals surface area contributed by atoms with Gasteiger partial charge in [0.05, 0.1) is 0 Å². The fourth-order valence-corrected chi connectivity index (χ4v) is 2.87. The molecule has 2 N–H and O–H groups in total. The van der Waals surface area contributed by atoms with Crippen LogP contribution in [0.15, 0.2) is 4.99 Å². The van der Waals surface area contributed by atoms with E-state index in [1.807, 2.05) is 0 Å². The fraction of sp³-hybridized carbons (Fsp3) is 0.923. The van der Waals surface area contributed by atoms with Crippen molar-refractivity contribution in [2.45, 2.75) is 45.4 Å². The van der Waals surface area contributed by atoms with Crippen molar-refractivity contribution in [1.29, 1.82) is 0 Å². The van der Waals surface area contributed by atoms with Crippen molar-refractivity contribution in [1.82, 2.24) is 10.6 Å². The highest BCUT2D eigenvalue weighted by atomic mass is 127. The summed E-state index contributed by atoms with van der Waals surface area (Å²) in [5.74, 6) is 2.92. The van der Waals surface area contributed by atoms with Crippen LogP contribution in [0.4, 0.5) is 0 Å². The Kier molecular flexibility index (Phi) is 7.23. The zero-order chi connectivity index (χ0) is 11.2. The van der Waals surface area contributed by atoms with E-state index in [4.69, 9.17) is 0 Å². The molecule has 0 spiro atoms. The summed E-state index contributed by atoms with van der Waals surface area (Å²) in [4.78, 5) is 4.42. The van der Waals surface area contributed by atoms with E-state index in [0.29, 0.717) is 0 Å². The Labute approximate surface area is 122 Å². The van der Waals surface area contributed by atoms with E-state index in [1.54, 1.807) is 0 Å². The van der Waals surface area contributed by atoms with Crippen molar-refractivity contribution < 1.29 is 0 Å². The second kappa shape index (κ2) is 8.16. The molecule has 2 aliphatic rings. The number of guanidine groups is 1. The van der Waals surface area contributed by atoms with Crippen LogP contribution in [0.1, 0.15) is 45.4 Å². The van der Waals surface area contributed by atoms with E-state index >= 15 is 0 Å². The van der Waals surface area contributed by atoms with Gasteiger partial charge in [-0.05, 0) is 31.1 Å². The summed E-state index contributed by atoms with van der Waals surface area (Å²) in [5, 5.41) is 6.73. The molecule has 4 heteroatoms. The predicted octanol–water partition coefficient (Wildman–Crippen LogP) is 2.76. The maximum Gasteiger partial charge on any atom is 0.191 e. The van der Waals surface area contributed by atoms with E-state index < -0.39 is 0 Å². The summed E-state index contributed by atoms with van der Waals surface area (Å²) in [6, 6.07) is 0. The minimum atomic E-state index is 0. The van der Waals surface area contributed by atoms with Crippen LogP contribution in [0.25, 0.3) is 0 Å². The van der Waals surface area contributed by atoms with Crippen LogP contribution in [-0.4, -0.2) is 25.6 Å². The lowest BCUT2D eigenvalue weighted by molar-refractivity contribution is 0.270. The molecule has 0 radical (unpaired) electrons. The Bertz CT molecular complexity index is 243. The number of hydrogen-bond acceptors (Lipinski definition) is 3. The first-order chi connectivity index (χ1) is 7.84. The molecule has 0 amide bonds. The van der Waals surface area contributed by atoms with Gasteiger partial charge in [-0.25, -0.2) is 0 Å². The second-order valence-corrected chi connectivity index (χ2v) is 5.36. The third-order valence-electron chi connectivity index (χ3n) is 3.79. The van der Waals surface area contributed by atoms with E-state index in [2.05, 4.69) is 22.5 Å². The largest absolute Gasteiger partial charge is 0.356 e. The molecule has 0 bridgehead atoms. The SMILES string of the molecule is CC1CCCC(CCNC2=NCCCN2)C1.I. The minimum absolute atomic E-state index is 0. The maximum atomic E-state index is 4.42. The molecule has 100 valence electrons. The molecule has 1 aliphatic heterocycles. The smallest absolute Gasteiger partial charge is 0.191 e. The molecular weight excluding hydrogens is 325 g/mol. The van der Waals surface area contributed by atoms with E-state index in [9.17, 15) is 0 Å². The Morgan fingerprint density at radius 3 is 2.94 bits per heavy atom. The van der Waals surface area contributed by atoms with E-state index in [0.717, 1.165) is 37.4 Å². The Hall–Kier alpha value is 0. The van der Waals surface area contributed by atoms with Crippen LogP contribution >= 0.6 is 24.0 Å². The molecule has 0 aromatic rings. The average Bonchev–Trinajstić information content (AvgIpc) is 2.30. The quantitative estimate of drug-likeness (QED) is 0.768. The van der Waals surface area contributed by atoms with Crippen LogP contribution in [0.3, 0.4) is 0 Å². The third kappa shape index (κ3) is 5.44. The summed E-state index contributed by atoms with van der Waals surface area (Å²) in [6.45, 7) is 5.54. The number of hydrogen-bond donors (Lipinski definition) is 2. The van der Waals surface area contributed by atoms with Crippen molar-refractivity contribution in [3.8, 4) is 0 Å². The number of halogens is 1. The lowest BCUT2D eigenvalue weighted by Gasteiger charge is -2.27. The van der Waals surface area contributed by atoms with Crippen LogP contribution in [0.2, 0.25) is 0 Å². The molecule has 2 rings (SSSR count). The summed E-state index contributed by atoms with van der Waals surface area (Å²) in [6.07, 6.45) is 8.23. The zero-order valence-corrected chi connectivity index (χ0v) is 13.2. The molecule has 1 fully saturated rings. The molecule has 3 nitrogen and oxygen atoms in total. The van der Waals surface area contributed by atoms with Gasteiger partial charge in [0, 0.05) is 19.6 Å². The lowest BCUT2D eigenvalue weighted by atomic mass is 9.81. The van der Waals surface area contributed by atoms with Crippen LogP contribution in [0.5, 0.6) is 0 Å². The van der Waals surface area contributed by atoms with Gasteiger partial charge < -0.3 is 10.6 Å². The van der Waals surface area contributed by atoms with Crippen LogP contribution in [0, 0.1) is 11.8 Å². The first-order valence-electron chi connectivity index (χ1n) is 6.87. The van der Waals surface area contributed by atoms with Gasteiger partial charge in [-0.15, -0.1) is 24.0 Å². The van der Waals surface area contributed by atoms with E-state index in [1.165, 1.54) is 38.5 Å². The Morgan fingerprint density at radius 1 is 1.35 bits per heavy atom. The predicted molar refractivity (Wildman–Crippen MR) is 84.1 cm³/mol. The van der Waals surface area contributed by atoms with Gasteiger partial charge in [0.25, 0.3) is 0 Å². The molecule has 1 heterocycles. The van der Waals surface area contributed by atoms with Gasteiger partial charge in [-0.1, -0.05) is 26.2 Å².